The van der Waals surface area contributed by atoms with Gasteiger partial charge in [0.15, 0.2) is 6.10 Å². The van der Waals surface area contributed by atoms with Gasteiger partial charge in [-0.3, -0.25) is 4.79 Å². The lowest BCUT2D eigenvalue weighted by Gasteiger charge is -2.18. The molecular weight excluding hydrogens is 271 g/mol. The topological polar surface area (TPSA) is 64.3 Å². The van der Waals surface area contributed by atoms with Crippen LogP contribution < -0.4 is 15.8 Å². The van der Waals surface area contributed by atoms with Crippen molar-refractivity contribution in [3.05, 3.63) is 29.6 Å². The van der Waals surface area contributed by atoms with Crippen LogP contribution in [0.2, 0.25) is 0 Å². The zero-order valence-corrected chi connectivity index (χ0v) is 13.2. The highest BCUT2D eigenvalue weighted by atomic mass is 19.1. The lowest BCUT2D eigenvalue weighted by atomic mass is 10.1. The van der Waals surface area contributed by atoms with E-state index in [1.54, 1.807) is 13.0 Å². The van der Waals surface area contributed by atoms with Crippen molar-refractivity contribution in [2.24, 2.45) is 5.73 Å². The summed E-state index contributed by atoms with van der Waals surface area (Å²) in [7, 11) is 0. The molecule has 0 fully saturated rings. The van der Waals surface area contributed by atoms with Gasteiger partial charge in [0.05, 0.1) is 0 Å². The maximum Gasteiger partial charge on any atom is 0.260 e. The fraction of sp³-hybridized carbons (Fsp3) is 0.562. The van der Waals surface area contributed by atoms with E-state index in [0.717, 1.165) is 12.0 Å². The SMILES string of the molecule is CCC(C)NC(=O)C(C)Oc1cc(F)cc(CC(C)N)c1. The molecule has 0 spiro atoms. The van der Waals surface area contributed by atoms with Crippen LogP contribution in [-0.4, -0.2) is 24.1 Å². The Bertz CT molecular complexity index is 477. The molecule has 4 nitrogen and oxygen atoms in total. The van der Waals surface area contributed by atoms with Crippen LogP contribution in [0.15, 0.2) is 18.2 Å². The summed E-state index contributed by atoms with van der Waals surface area (Å²) in [6, 6.07) is 4.45. The van der Waals surface area contributed by atoms with Crippen molar-refractivity contribution in [3.8, 4) is 5.75 Å². The van der Waals surface area contributed by atoms with Crippen molar-refractivity contribution < 1.29 is 13.9 Å². The molecule has 0 aliphatic rings. The van der Waals surface area contributed by atoms with Gasteiger partial charge < -0.3 is 15.8 Å². The molecule has 0 aliphatic carbocycles. The van der Waals surface area contributed by atoms with Gasteiger partial charge in [-0.25, -0.2) is 4.39 Å². The van der Waals surface area contributed by atoms with E-state index < -0.39 is 11.9 Å². The van der Waals surface area contributed by atoms with Crippen LogP contribution in [-0.2, 0) is 11.2 Å². The normalized spacial score (nSPS) is 15.1. The molecule has 21 heavy (non-hydrogen) atoms. The molecule has 118 valence electrons. The Hall–Kier alpha value is -1.62. The maximum atomic E-state index is 13.6. The van der Waals surface area contributed by atoms with E-state index in [1.165, 1.54) is 12.1 Å². The number of carbonyl (C=O) groups excluding carboxylic acids is 1. The first-order valence-corrected chi connectivity index (χ1v) is 7.33. The number of nitrogens with one attached hydrogen (secondary N) is 1. The molecule has 3 atom stereocenters. The van der Waals surface area contributed by atoms with E-state index in [4.69, 9.17) is 10.5 Å². The minimum absolute atomic E-state index is 0.0641. The van der Waals surface area contributed by atoms with E-state index in [-0.39, 0.29) is 18.0 Å². The first kappa shape index (κ1) is 17.4. The average molecular weight is 296 g/mol. The Morgan fingerprint density at radius 1 is 1.33 bits per heavy atom. The summed E-state index contributed by atoms with van der Waals surface area (Å²) in [6.07, 6.45) is 0.724. The van der Waals surface area contributed by atoms with Crippen LogP contribution >= 0.6 is 0 Å². The van der Waals surface area contributed by atoms with Gasteiger partial charge in [0.1, 0.15) is 11.6 Å². The Labute approximate surface area is 125 Å². The number of ether oxygens (including phenoxy) is 1. The van der Waals surface area contributed by atoms with E-state index in [2.05, 4.69) is 5.32 Å². The summed E-state index contributed by atoms with van der Waals surface area (Å²) in [5.41, 5.74) is 6.48. The summed E-state index contributed by atoms with van der Waals surface area (Å²) >= 11 is 0. The monoisotopic (exact) mass is 296 g/mol. The molecule has 1 aromatic rings. The van der Waals surface area contributed by atoms with E-state index in [0.29, 0.717) is 12.2 Å². The molecule has 0 heterocycles. The zero-order chi connectivity index (χ0) is 16.0. The van der Waals surface area contributed by atoms with Crippen molar-refractivity contribution in [3.63, 3.8) is 0 Å². The minimum Gasteiger partial charge on any atom is -0.481 e. The van der Waals surface area contributed by atoms with Gasteiger partial charge in [-0.05, 0) is 51.3 Å². The Balaban J connectivity index is 2.73. The summed E-state index contributed by atoms with van der Waals surface area (Å²) in [4.78, 5) is 11.9. The van der Waals surface area contributed by atoms with Gasteiger partial charge in [0.2, 0.25) is 0 Å². The third-order valence-electron chi connectivity index (χ3n) is 3.17. The first-order valence-electron chi connectivity index (χ1n) is 7.33. The molecule has 0 saturated heterocycles. The first-order chi connectivity index (χ1) is 9.81. The minimum atomic E-state index is -0.677. The number of amides is 1. The predicted octanol–water partition coefficient (Wildman–Crippen LogP) is 2.40. The molecule has 1 amide bonds. The zero-order valence-electron chi connectivity index (χ0n) is 13.2. The summed E-state index contributed by atoms with van der Waals surface area (Å²) in [5.74, 6) is -0.252. The number of carbonyl (C=O) groups is 1. The second kappa shape index (κ2) is 7.98. The smallest absolute Gasteiger partial charge is 0.260 e. The highest BCUT2D eigenvalue weighted by molar-refractivity contribution is 5.80. The van der Waals surface area contributed by atoms with Gasteiger partial charge in [-0.15, -0.1) is 0 Å². The fourth-order valence-electron chi connectivity index (χ4n) is 1.90. The predicted molar refractivity (Wildman–Crippen MR) is 81.7 cm³/mol. The van der Waals surface area contributed by atoms with E-state index in [9.17, 15) is 9.18 Å². The number of rotatable bonds is 7. The van der Waals surface area contributed by atoms with Gasteiger partial charge in [0.25, 0.3) is 5.91 Å². The molecule has 3 unspecified atom stereocenters. The maximum absolute atomic E-state index is 13.6. The third kappa shape index (κ3) is 6.12. The molecule has 5 heteroatoms. The number of hydrogen-bond donors (Lipinski definition) is 2. The molecule has 0 aromatic heterocycles. The van der Waals surface area contributed by atoms with Crippen LogP contribution in [0.25, 0.3) is 0 Å². The van der Waals surface area contributed by atoms with Crippen molar-refractivity contribution in [2.45, 2.75) is 58.7 Å². The van der Waals surface area contributed by atoms with Crippen LogP contribution in [0.1, 0.15) is 39.7 Å². The van der Waals surface area contributed by atoms with Crippen LogP contribution in [0.4, 0.5) is 4.39 Å². The number of hydrogen-bond acceptors (Lipinski definition) is 3. The van der Waals surface area contributed by atoms with Gasteiger partial charge in [-0.1, -0.05) is 6.92 Å². The molecule has 1 rings (SSSR count). The lowest BCUT2D eigenvalue weighted by Crippen LogP contribution is -2.41. The van der Waals surface area contributed by atoms with Crippen LogP contribution in [0.5, 0.6) is 5.75 Å². The standard InChI is InChI=1S/C16H25FN2O2/c1-5-11(3)19-16(20)12(4)21-15-8-13(6-10(2)18)7-14(17)9-15/h7-12H,5-6,18H2,1-4H3,(H,19,20). The highest BCUT2D eigenvalue weighted by Gasteiger charge is 2.17. The number of benzene rings is 1. The lowest BCUT2D eigenvalue weighted by molar-refractivity contribution is -0.127. The van der Waals surface area contributed by atoms with Crippen molar-refractivity contribution in [1.29, 1.82) is 0 Å². The third-order valence-corrected chi connectivity index (χ3v) is 3.17. The van der Waals surface area contributed by atoms with Crippen LogP contribution in [0.3, 0.4) is 0 Å². The molecular formula is C16H25FN2O2. The summed E-state index contributed by atoms with van der Waals surface area (Å²) in [6.45, 7) is 7.42. The molecule has 0 radical (unpaired) electrons. The summed E-state index contributed by atoms with van der Waals surface area (Å²) in [5, 5.41) is 2.83. The Kier molecular flexibility index (Phi) is 6.62. The van der Waals surface area contributed by atoms with Crippen molar-refractivity contribution in [2.75, 3.05) is 0 Å². The number of halogens is 1. The van der Waals surface area contributed by atoms with Crippen molar-refractivity contribution >= 4 is 5.91 Å². The Morgan fingerprint density at radius 2 is 2.00 bits per heavy atom. The summed E-state index contributed by atoms with van der Waals surface area (Å²) < 4.78 is 19.1. The van der Waals surface area contributed by atoms with Gasteiger partial charge in [0, 0.05) is 18.2 Å². The Morgan fingerprint density at radius 3 is 2.57 bits per heavy atom. The van der Waals surface area contributed by atoms with Crippen LogP contribution in [0, 0.1) is 5.82 Å². The average Bonchev–Trinajstić information content (AvgIpc) is 2.36. The molecule has 0 aliphatic heterocycles. The number of nitrogens with two attached hydrogens (primary N) is 1. The fourth-order valence-corrected chi connectivity index (χ4v) is 1.90. The van der Waals surface area contributed by atoms with Gasteiger partial charge in [-0.2, -0.15) is 0 Å². The highest BCUT2D eigenvalue weighted by Crippen LogP contribution is 2.19. The quantitative estimate of drug-likeness (QED) is 0.812. The largest absolute Gasteiger partial charge is 0.481 e. The second-order valence-corrected chi connectivity index (χ2v) is 5.55. The molecule has 0 saturated carbocycles. The molecule has 0 bridgehead atoms. The van der Waals surface area contributed by atoms with E-state index in [1.807, 2.05) is 20.8 Å². The van der Waals surface area contributed by atoms with Crippen molar-refractivity contribution in [1.82, 2.24) is 5.32 Å². The second-order valence-electron chi connectivity index (χ2n) is 5.55. The van der Waals surface area contributed by atoms with Gasteiger partial charge >= 0.3 is 0 Å². The van der Waals surface area contributed by atoms with E-state index >= 15 is 0 Å². The molecule has 3 N–H and O–H groups in total. The molecule has 1 aromatic carbocycles.